The van der Waals surface area contributed by atoms with Crippen molar-refractivity contribution in [3.63, 3.8) is 0 Å². The Kier molecular flexibility index (Phi) is 8.92. The molecule has 46 heavy (non-hydrogen) atoms. The van der Waals surface area contributed by atoms with Crippen LogP contribution in [0.2, 0.25) is 0 Å². The summed E-state index contributed by atoms with van der Waals surface area (Å²) in [5.41, 5.74) is 22.3. The van der Waals surface area contributed by atoms with E-state index in [0.29, 0.717) is 12.0 Å². The van der Waals surface area contributed by atoms with Crippen LogP contribution >= 0.6 is 0 Å². The molecule has 1 aliphatic rings. The van der Waals surface area contributed by atoms with Crippen LogP contribution in [-0.2, 0) is 11.2 Å². The number of pyridine rings is 1. The van der Waals surface area contributed by atoms with E-state index in [2.05, 4.69) is 91.3 Å². The van der Waals surface area contributed by atoms with Gasteiger partial charge in [0.1, 0.15) is 12.5 Å². The number of aromatic nitrogens is 1. The first-order chi connectivity index (χ1) is 22.5. The van der Waals surface area contributed by atoms with Crippen molar-refractivity contribution >= 4 is 22.9 Å². The number of ether oxygens (including phenoxy) is 1. The van der Waals surface area contributed by atoms with Crippen LogP contribution in [0.3, 0.4) is 0 Å². The fourth-order valence-corrected chi connectivity index (χ4v) is 6.04. The standard InChI is InChI=1S/C40H36N4O2/c1-3-30-31(4-2)38(37-20-18-29(25-44-37)39(42)45)35-19-17-27(33-15-9-8-14-32(33)26-11-6-5-7-12-26)23-36(35)34(30)16-10-13-28(24-41)40-43-21-22-46-40/h3-15,17-25,39-40,43,45H,1-2,16,41-42H2/b13-10-,28-24+. The normalized spacial score (nSPS) is 15.1. The van der Waals surface area contributed by atoms with E-state index in [1.54, 1.807) is 30.9 Å². The highest BCUT2D eigenvalue weighted by molar-refractivity contribution is 6.06. The van der Waals surface area contributed by atoms with Gasteiger partial charge in [-0.1, -0.05) is 110 Å². The Bertz CT molecular complexity index is 1980. The molecule has 0 saturated carbocycles. The van der Waals surface area contributed by atoms with Gasteiger partial charge in [-0.25, -0.2) is 0 Å². The summed E-state index contributed by atoms with van der Waals surface area (Å²) in [4.78, 5) is 4.72. The van der Waals surface area contributed by atoms with Gasteiger partial charge in [-0.15, -0.1) is 0 Å². The zero-order valence-electron chi connectivity index (χ0n) is 25.4. The molecule has 0 amide bonds. The van der Waals surface area contributed by atoms with E-state index in [4.69, 9.17) is 21.2 Å². The lowest BCUT2D eigenvalue weighted by molar-refractivity contribution is 0.186. The van der Waals surface area contributed by atoms with Crippen LogP contribution in [0.4, 0.5) is 0 Å². The maximum atomic E-state index is 9.90. The number of rotatable bonds is 10. The van der Waals surface area contributed by atoms with Crippen molar-refractivity contribution in [3.05, 3.63) is 163 Å². The summed E-state index contributed by atoms with van der Waals surface area (Å²) < 4.78 is 5.61. The summed E-state index contributed by atoms with van der Waals surface area (Å²) in [6, 6.07) is 29.2. The Morgan fingerprint density at radius 2 is 1.65 bits per heavy atom. The van der Waals surface area contributed by atoms with Gasteiger partial charge in [0.25, 0.3) is 0 Å². The number of nitrogens with one attached hydrogen (secondary N) is 1. The molecule has 1 aromatic heterocycles. The third kappa shape index (κ3) is 5.87. The maximum Gasteiger partial charge on any atom is 0.196 e. The smallest absolute Gasteiger partial charge is 0.196 e. The summed E-state index contributed by atoms with van der Waals surface area (Å²) in [6.07, 6.45) is 13.5. The van der Waals surface area contributed by atoms with E-state index >= 15 is 0 Å². The van der Waals surface area contributed by atoms with Crippen molar-refractivity contribution in [2.45, 2.75) is 18.9 Å². The van der Waals surface area contributed by atoms with Crippen LogP contribution in [-0.4, -0.2) is 16.3 Å². The minimum atomic E-state index is -1.10. The van der Waals surface area contributed by atoms with Crippen molar-refractivity contribution < 1.29 is 9.84 Å². The van der Waals surface area contributed by atoms with Gasteiger partial charge in [-0.2, -0.15) is 0 Å². The third-order valence-corrected chi connectivity index (χ3v) is 8.27. The number of nitrogens with zero attached hydrogens (tertiary/aromatic N) is 1. The van der Waals surface area contributed by atoms with Crippen LogP contribution in [0.1, 0.15) is 28.5 Å². The molecule has 228 valence electrons. The second-order valence-corrected chi connectivity index (χ2v) is 10.9. The SMILES string of the molecule is C=Cc1c(C=C)c(-c2ccc(C(N)O)cn2)c2ccc(-c3ccccc3-c3ccccc3)cc2c1C/C=C\C(=C/N)C1NC=CO1. The van der Waals surface area contributed by atoms with Gasteiger partial charge in [-0.05, 0) is 68.3 Å². The molecule has 0 radical (unpaired) electrons. The first-order valence-electron chi connectivity index (χ1n) is 15.1. The predicted octanol–water partition coefficient (Wildman–Crippen LogP) is 7.83. The molecule has 0 fully saturated rings. The Morgan fingerprint density at radius 3 is 2.28 bits per heavy atom. The third-order valence-electron chi connectivity index (χ3n) is 8.27. The van der Waals surface area contributed by atoms with Crippen LogP contribution in [0.15, 0.2) is 141 Å². The minimum absolute atomic E-state index is 0.329. The monoisotopic (exact) mass is 604 g/mol. The van der Waals surface area contributed by atoms with Crippen LogP contribution in [0, 0.1) is 0 Å². The first kappa shape index (κ1) is 30.3. The lowest BCUT2D eigenvalue weighted by Gasteiger charge is -2.20. The predicted molar refractivity (Wildman–Crippen MR) is 190 cm³/mol. The second-order valence-electron chi connectivity index (χ2n) is 10.9. The molecule has 5 aromatic rings. The van der Waals surface area contributed by atoms with Gasteiger partial charge < -0.3 is 26.6 Å². The highest BCUT2D eigenvalue weighted by atomic mass is 16.5. The van der Waals surface area contributed by atoms with Gasteiger partial charge in [0.2, 0.25) is 0 Å². The molecule has 6 rings (SSSR count). The minimum Gasteiger partial charge on any atom is -0.473 e. The fraction of sp³-hybridized carbons (Fsp3) is 0.0750. The number of benzene rings is 4. The molecule has 0 aliphatic carbocycles. The van der Waals surface area contributed by atoms with Crippen molar-refractivity contribution in [3.8, 4) is 33.5 Å². The molecule has 2 heterocycles. The molecule has 0 saturated heterocycles. The summed E-state index contributed by atoms with van der Waals surface area (Å²) in [5, 5.41) is 15.1. The van der Waals surface area contributed by atoms with Crippen molar-refractivity contribution in [1.29, 1.82) is 0 Å². The van der Waals surface area contributed by atoms with Gasteiger partial charge in [0.15, 0.2) is 6.23 Å². The number of nitrogens with two attached hydrogens (primary N) is 2. The number of fused-ring (bicyclic) bond motifs is 1. The Hall–Kier alpha value is -5.69. The van der Waals surface area contributed by atoms with Gasteiger partial charge in [0.05, 0.1) is 5.69 Å². The highest BCUT2D eigenvalue weighted by Gasteiger charge is 2.20. The Morgan fingerprint density at radius 1 is 0.913 bits per heavy atom. The van der Waals surface area contributed by atoms with Gasteiger partial charge >= 0.3 is 0 Å². The van der Waals surface area contributed by atoms with Crippen molar-refractivity contribution in [2.75, 3.05) is 0 Å². The molecule has 1 aliphatic heterocycles. The summed E-state index contributed by atoms with van der Waals surface area (Å²) in [5.74, 6) is 0. The number of allylic oxidation sites excluding steroid dienone is 1. The van der Waals surface area contributed by atoms with Gasteiger partial charge in [0, 0.05) is 35.3 Å². The van der Waals surface area contributed by atoms with E-state index in [9.17, 15) is 5.11 Å². The molecule has 6 nitrogen and oxygen atoms in total. The average Bonchev–Trinajstić information content (AvgIpc) is 3.65. The number of hydrogen-bond donors (Lipinski definition) is 4. The quantitative estimate of drug-likeness (QED) is 0.0956. The van der Waals surface area contributed by atoms with E-state index < -0.39 is 6.23 Å². The van der Waals surface area contributed by atoms with Crippen LogP contribution in [0.5, 0.6) is 0 Å². The second kappa shape index (κ2) is 13.5. The molecule has 2 atom stereocenters. The zero-order chi connectivity index (χ0) is 32.0. The van der Waals surface area contributed by atoms with E-state index in [1.165, 1.54) is 0 Å². The largest absolute Gasteiger partial charge is 0.473 e. The Balaban J connectivity index is 1.57. The maximum absolute atomic E-state index is 9.90. The lowest BCUT2D eigenvalue weighted by atomic mass is 9.84. The van der Waals surface area contributed by atoms with Crippen LogP contribution in [0.25, 0.3) is 56.4 Å². The number of hydrogen-bond acceptors (Lipinski definition) is 6. The van der Waals surface area contributed by atoms with Crippen molar-refractivity contribution in [2.24, 2.45) is 11.5 Å². The van der Waals surface area contributed by atoms with E-state index in [1.807, 2.05) is 30.4 Å². The van der Waals surface area contributed by atoms with Crippen molar-refractivity contribution in [1.82, 2.24) is 10.3 Å². The first-order valence-corrected chi connectivity index (χ1v) is 15.1. The molecular formula is C40H36N4O2. The lowest BCUT2D eigenvalue weighted by Crippen LogP contribution is -2.23. The zero-order valence-corrected chi connectivity index (χ0v) is 25.4. The molecule has 4 aromatic carbocycles. The summed E-state index contributed by atoms with van der Waals surface area (Å²) in [6.45, 7) is 8.42. The molecular weight excluding hydrogens is 568 g/mol. The summed E-state index contributed by atoms with van der Waals surface area (Å²) >= 11 is 0. The Labute approximate surface area is 269 Å². The molecule has 0 bridgehead atoms. The number of aliphatic hydroxyl groups excluding tert-OH is 1. The fourth-order valence-electron chi connectivity index (χ4n) is 6.04. The molecule has 2 unspecified atom stereocenters. The average molecular weight is 605 g/mol. The highest BCUT2D eigenvalue weighted by Crippen LogP contribution is 2.41. The van der Waals surface area contributed by atoms with Gasteiger partial charge in [-0.3, -0.25) is 4.98 Å². The molecule has 0 spiro atoms. The van der Waals surface area contributed by atoms with E-state index in [0.717, 1.165) is 66.5 Å². The topological polar surface area (TPSA) is 106 Å². The molecule has 6 N–H and O–H groups in total. The van der Waals surface area contributed by atoms with Crippen LogP contribution < -0.4 is 16.8 Å². The summed E-state index contributed by atoms with van der Waals surface area (Å²) in [7, 11) is 0. The number of aliphatic hydroxyl groups is 1. The van der Waals surface area contributed by atoms with E-state index in [-0.39, 0.29) is 6.23 Å². The molecule has 6 heteroatoms.